The lowest BCUT2D eigenvalue weighted by Gasteiger charge is -2.42. The molecule has 1 N–H and O–H groups in total. The minimum Gasteiger partial charge on any atom is -0.497 e. The van der Waals surface area contributed by atoms with Crippen molar-refractivity contribution < 1.29 is 24.2 Å². The highest BCUT2D eigenvalue weighted by Crippen LogP contribution is 2.51. The van der Waals surface area contributed by atoms with Gasteiger partial charge >= 0.3 is 5.97 Å². The molecular weight excluding hydrogens is 456 g/mol. The second kappa shape index (κ2) is 10.3. The quantitative estimate of drug-likeness (QED) is 0.593. The highest BCUT2D eigenvalue weighted by atomic mass is 16.5. The van der Waals surface area contributed by atoms with Gasteiger partial charge in [-0.15, -0.1) is 0 Å². The zero-order chi connectivity index (χ0) is 25.9. The fraction of sp³-hybridized carbons (Fsp3) is 0.483. The first-order chi connectivity index (χ1) is 17.1. The summed E-state index contributed by atoms with van der Waals surface area (Å²) >= 11 is 0. The number of carbonyl (C=O) groups excluding carboxylic acids is 2. The molecule has 2 aliphatic heterocycles. The van der Waals surface area contributed by atoms with Crippen molar-refractivity contribution in [2.45, 2.75) is 52.0 Å². The van der Waals surface area contributed by atoms with Crippen LogP contribution < -0.4 is 4.74 Å². The van der Waals surface area contributed by atoms with Crippen LogP contribution in [0, 0.1) is 10.8 Å². The number of carboxylic acid groups (broad SMARTS) is 1. The van der Waals surface area contributed by atoms with Gasteiger partial charge in [-0.3, -0.25) is 14.4 Å². The van der Waals surface area contributed by atoms with Gasteiger partial charge in [-0.05, 0) is 41.5 Å². The number of hydrogen-bond acceptors (Lipinski definition) is 4. The van der Waals surface area contributed by atoms with Gasteiger partial charge in [0.05, 0.1) is 18.9 Å². The fourth-order valence-electron chi connectivity index (χ4n) is 5.88. The van der Waals surface area contributed by atoms with Crippen LogP contribution in [-0.2, 0) is 20.9 Å². The molecule has 2 aliphatic rings. The van der Waals surface area contributed by atoms with Crippen LogP contribution in [0.4, 0.5) is 0 Å². The van der Waals surface area contributed by atoms with Crippen molar-refractivity contribution in [2.75, 3.05) is 26.7 Å². The molecule has 1 atom stereocenters. The van der Waals surface area contributed by atoms with Gasteiger partial charge in [0.2, 0.25) is 11.8 Å². The number of aliphatic carboxylic acids is 1. The third-order valence-corrected chi connectivity index (χ3v) is 7.76. The Labute approximate surface area is 213 Å². The molecule has 2 fully saturated rings. The van der Waals surface area contributed by atoms with Crippen molar-refractivity contribution in [3.8, 4) is 5.75 Å². The molecule has 0 radical (unpaired) electrons. The van der Waals surface area contributed by atoms with Gasteiger partial charge in [-0.1, -0.05) is 56.3 Å². The van der Waals surface area contributed by atoms with Crippen LogP contribution in [0.3, 0.4) is 0 Å². The maximum Gasteiger partial charge on any atom is 0.303 e. The molecule has 0 aliphatic carbocycles. The lowest BCUT2D eigenvalue weighted by atomic mass is 9.67. The largest absolute Gasteiger partial charge is 0.497 e. The number of nitrogens with zero attached hydrogens (tertiary/aromatic N) is 2. The molecule has 192 valence electrons. The number of piperidine rings is 1. The first-order valence-electron chi connectivity index (χ1n) is 12.6. The molecule has 36 heavy (non-hydrogen) atoms. The number of likely N-dealkylation sites (tertiary alicyclic amines) is 2. The number of hydrogen-bond donors (Lipinski definition) is 1. The van der Waals surface area contributed by atoms with Crippen LogP contribution in [0.1, 0.15) is 56.6 Å². The van der Waals surface area contributed by atoms with E-state index < -0.39 is 16.8 Å². The van der Waals surface area contributed by atoms with E-state index in [-0.39, 0.29) is 30.6 Å². The summed E-state index contributed by atoms with van der Waals surface area (Å²) in [5.41, 5.74) is 0.993. The van der Waals surface area contributed by atoms with Crippen molar-refractivity contribution in [2.24, 2.45) is 10.8 Å². The number of carbonyl (C=O) groups is 3. The molecule has 7 heteroatoms. The Kier molecular flexibility index (Phi) is 7.38. The van der Waals surface area contributed by atoms with Crippen LogP contribution in [-0.4, -0.2) is 59.4 Å². The zero-order valence-corrected chi connectivity index (χ0v) is 21.4. The maximum atomic E-state index is 14.0. The first kappa shape index (κ1) is 25.7. The molecule has 2 aromatic carbocycles. The molecule has 2 aromatic rings. The van der Waals surface area contributed by atoms with E-state index in [1.54, 1.807) is 7.11 Å². The Morgan fingerprint density at radius 2 is 1.75 bits per heavy atom. The molecule has 4 rings (SSSR count). The Morgan fingerprint density at radius 1 is 1.06 bits per heavy atom. The molecule has 7 nitrogen and oxygen atoms in total. The molecule has 2 amide bonds. The second-order valence-corrected chi connectivity index (χ2v) is 10.9. The fourth-order valence-corrected chi connectivity index (χ4v) is 5.88. The van der Waals surface area contributed by atoms with E-state index in [0.29, 0.717) is 39.0 Å². The van der Waals surface area contributed by atoms with Gasteiger partial charge in [0.1, 0.15) is 5.75 Å². The summed E-state index contributed by atoms with van der Waals surface area (Å²) in [6.45, 7) is 5.80. The Morgan fingerprint density at radius 3 is 2.39 bits per heavy atom. The van der Waals surface area contributed by atoms with Crippen molar-refractivity contribution in [1.29, 1.82) is 0 Å². The van der Waals surface area contributed by atoms with Crippen LogP contribution in [0.15, 0.2) is 54.6 Å². The summed E-state index contributed by atoms with van der Waals surface area (Å²) < 4.78 is 5.47. The van der Waals surface area contributed by atoms with E-state index in [4.69, 9.17) is 4.74 Å². The zero-order valence-electron chi connectivity index (χ0n) is 21.4. The molecule has 1 spiro atoms. The van der Waals surface area contributed by atoms with E-state index in [1.807, 2.05) is 72.2 Å². The number of benzene rings is 2. The van der Waals surface area contributed by atoms with Gasteiger partial charge in [0.25, 0.3) is 0 Å². The van der Waals surface area contributed by atoms with Gasteiger partial charge in [0.15, 0.2) is 0 Å². The standard InChI is InChI=1S/C29H36N2O5/c1-28(2,18-26(33)34)17-25(32)30-14-12-29(13-15-30)24(22-10-7-11-23(16-22)36-3)20-31(27(29)35)19-21-8-5-4-6-9-21/h4-11,16,24H,12-15,17-20H2,1-3H3,(H,33,34)/t24-/m0/s1. The van der Waals surface area contributed by atoms with E-state index in [2.05, 4.69) is 6.07 Å². The number of rotatable bonds is 8. The van der Waals surface area contributed by atoms with Crippen molar-refractivity contribution in [3.63, 3.8) is 0 Å². The molecular formula is C29H36N2O5. The lowest BCUT2D eigenvalue weighted by Crippen LogP contribution is -2.48. The molecule has 0 unspecified atom stereocenters. The van der Waals surface area contributed by atoms with Crippen LogP contribution in [0.2, 0.25) is 0 Å². The Balaban J connectivity index is 1.55. The van der Waals surface area contributed by atoms with Gasteiger partial charge in [0, 0.05) is 38.5 Å². The molecule has 2 saturated heterocycles. The molecule has 2 heterocycles. The van der Waals surface area contributed by atoms with Gasteiger partial charge < -0.3 is 19.6 Å². The smallest absolute Gasteiger partial charge is 0.303 e. The summed E-state index contributed by atoms with van der Waals surface area (Å²) in [6, 6.07) is 18.0. The van der Waals surface area contributed by atoms with Crippen molar-refractivity contribution >= 4 is 17.8 Å². The summed E-state index contributed by atoms with van der Waals surface area (Å²) in [6.07, 6.45) is 1.30. The molecule has 0 bridgehead atoms. The third kappa shape index (κ3) is 5.40. The Bertz CT molecular complexity index is 1110. The predicted molar refractivity (Wildman–Crippen MR) is 136 cm³/mol. The SMILES string of the molecule is COc1cccc([C@@H]2CN(Cc3ccccc3)C(=O)C23CCN(C(=O)CC(C)(C)CC(=O)O)CC3)c1. The summed E-state index contributed by atoms with van der Waals surface area (Å²) in [5.74, 6) is -0.0194. The number of methoxy groups -OCH3 is 1. The van der Waals surface area contributed by atoms with E-state index in [0.717, 1.165) is 16.9 Å². The number of amides is 2. The van der Waals surface area contributed by atoms with Crippen molar-refractivity contribution in [3.05, 3.63) is 65.7 Å². The number of ether oxygens (including phenoxy) is 1. The third-order valence-electron chi connectivity index (χ3n) is 7.76. The lowest BCUT2D eigenvalue weighted by molar-refractivity contribution is -0.145. The van der Waals surface area contributed by atoms with Crippen LogP contribution >= 0.6 is 0 Å². The van der Waals surface area contributed by atoms with Gasteiger partial charge in [-0.2, -0.15) is 0 Å². The van der Waals surface area contributed by atoms with E-state index in [1.165, 1.54) is 0 Å². The molecule has 0 saturated carbocycles. The molecule has 0 aromatic heterocycles. The van der Waals surface area contributed by atoms with E-state index in [9.17, 15) is 19.5 Å². The summed E-state index contributed by atoms with van der Waals surface area (Å²) in [7, 11) is 1.65. The average molecular weight is 493 g/mol. The second-order valence-electron chi connectivity index (χ2n) is 10.9. The minimum absolute atomic E-state index is 0.00418. The van der Waals surface area contributed by atoms with Crippen molar-refractivity contribution in [1.82, 2.24) is 9.80 Å². The highest BCUT2D eigenvalue weighted by molar-refractivity contribution is 5.87. The topological polar surface area (TPSA) is 87.2 Å². The minimum atomic E-state index is -0.901. The first-order valence-corrected chi connectivity index (χ1v) is 12.6. The van der Waals surface area contributed by atoms with Gasteiger partial charge in [-0.25, -0.2) is 0 Å². The normalized spacial score (nSPS) is 19.5. The highest BCUT2D eigenvalue weighted by Gasteiger charge is 2.55. The monoisotopic (exact) mass is 492 g/mol. The van der Waals surface area contributed by atoms with Crippen LogP contribution in [0.5, 0.6) is 5.75 Å². The summed E-state index contributed by atoms with van der Waals surface area (Å²) in [5, 5.41) is 9.17. The summed E-state index contributed by atoms with van der Waals surface area (Å²) in [4.78, 5) is 42.0. The number of carboxylic acids is 1. The Hall–Kier alpha value is -3.35. The predicted octanol–water partition coefficient (Wildman–Crippen LogP) is 4.32. The average Bonchev–Trinajstić information content (AvgIpc) is 3.10. The maximum absolute atomic E-state index is 14.0. The van der Waals surface area contributed by atoms with Crippen LogP contribution in [0.25, 0.3) is 0 Å². The van der Waals surface area contributed by atoms with E-state index >= 15 is 0 Å².